The fourth-order valence-corrected chi connectivity index (χ4v) is 5.34. The third-order valence-corrected chi connectivity index (χ3v) is 7.26. The standard InChI is InChI=1S/C28H32N4.C2H3N.Ag.F6P/c1-19-11-20(2)26-14-30-9-10-32(18-30)16-28-22(4)12-21(3)27(24(28)6)15-31-8-7-29(17-31)13-25(19)23(26)5;1-2-3;;1-7(2,3,4,5)6/h7-12H,13-16H2,1-6H3;1H3;;/q;;+1;-1. The summed E-state index contributed by atoms with van der Waals surface area (Å²) >= 11 is 0. The minimum absolute atomic E-state index is 0. The number of hydrogen-bond donors (Lipinski definition) is 0. The maximum atomic E-state index is 9.87. The van der Waals surface area contributed by atoms with Crippen LogP contribution in [-0.2, 0) is 48.6 Å². The van der Waals surface area contributed by atoms with E-state index in [1.165, 1.54) is 62.6 Å². The second kappa shape index (κ2) is 12.6. The van der Waals surface area contributed by atoms with Crippen molar-refractivity contribution in [1.29, 1.82) is 5.26 Å². The van der Waals surface area contributed by atoms with E-state index in [1.807, 2.05) is 0 Å². The first-order chi connectivity index (χ1) is 19.2. The second-order valence-electron chi connectivity index (χ2n) is 10.7. The van der Waals surface area contributed by atoms with Gasteiger partial charge in [-0.15, -0.1) is 0 Å². The van der Waals surface area contributed by atoms with Gasteiger partial charge in [0.15, 0.2) is 0 Å². The molecular weight excluding hydrogens is 683 g/mol. The molecule has 3 heterocycles. The number of imidazole rings is 2. The van der Waals surface area contributed by atoms with Gasteiger partial charge < -0.3 is 18.3 Å². The van der Waals surface area contributed by atoms with Gasteiger partial charge in [0.2, 0.25) is 12.7 Å². The van der Waals surface area contributed by atoms with Crippen LogP contribution in [0, 0.1) is 65.5 Å². The molecule has 5 nitrogen and oxygen atoms in total. The van der Waals surface area contributed by atoms with Crippen LogP contribution in [0.25, 0.3) is 0 Å². The van der Waals surface area contributed by atoms with E-state index in [2.05, 4.69) is 109 Å². The molecule has 0 amide bonds. The summed E-state index contributed by atoms with van der Waals surface area (Å²) < 4.78 is 68.0. The molecule has 5 rings (SSSR count). The minimum atomic E-state index is -10.7. The molecule has 0 atom stereocenters. The van der Waals surface area contributed by atoms with Gasteiger partial charge in [-0.25, -0.2) is 0 Å². The fourth-order valence-electron chi connectivity index (χ4n) is 5.34. The van der Waals surface area contributed by atoms with Crippen LogP contribution in [0.3, 0.4) is 0 Å². The Morgan fingerprint density at radius 3 is 1.28 bits per heavy atom. The first-order valence-electron chi connectivity index (χ1n) is 13.2. The number of benzene rings is 2. The molecule has 1 aliphatic heterocycles. The Kier molecular flexibility index (Phi) is 10.6. The summed E-state index contributed by atoms with van der Waals surface area (Å²) in [6, 6.07) is 6.41. The van der Waals surface area contributed by atoms with E-state index in [0.29, 0.717) is 0 Å². The number of halogens is 6. The summed E-state index contributed by atoms with van der Waals surface area (Å²) in [7, 11) is -10.7. The Bertz CT molecular complexity index is 1460. The van der Waals surface area contributed by atoms with Crippen LogP contribution in [0.2, 0.25) is 0 Å². The van der Waals surface area contributed by atoms with Crippen molar-refractivity contribution in [2.75, 3.05) is 0 Å². The molecule has 238 valence electrons. The maximum Gasteiger partial charge on any atom is 1.00 e. The number of hydrogen-bond acceptors (Lipinski definition) is 1. The SMILES string of the molecule is CC#N.Cc1cc(C)c2c(C)c1Cn1[c-][n+](cc1)Cc1c(C)cc(C)c(c1C)C[n+]1[c-]n(cc1)C2.F[P-](F)(F)(F)(F)F.[Ag+]. The van der Waals surface area contributed by atoms with Crippen molar-refractivity contribution >= 4 is 7.81 Å². The zero-order valence-electron chi connectivity index (χ0n) is 25.0. The molecule has 0 aliphatic carbocycles. The molecule has 0 fully saturated rings. The van der Waals surface area contributed by atoms with Gasteiger partial charge in [-0.1, -0.05) is 12.1 Å². The molecule has 0 spiro atoms. The molecule has 2 aromatic heterocycles. The summed E-state index contributed by atoms with van der Waals surface area (Å²) in [5.74, 6) is 0. The van der Waals surface area contributed by atoms with Crippen molar-refractivity contribution < 1.29 is 56.7 Å². The van der Waals surface area contributed by atoms with Crippen LogP contribution in [-0.4, -0.2) is 9.13 Å². The van der Waals surface area contributed by atoms with Crippen molar-refractivity contribution in [1.82, 2.24) is 9.13 Å². The summed E-state index contributed by atoms with van der Waals surface area (Å²) in [5, 5.41) is 7.32. The number of fused-ring (bicyclic) bond motifs is 8. The van der Waals surface area contributed by atoms with Crippen LogP contribution in [0.15, 0.2) is 36.9 Å². The fraction of sp³-hybridized carbons (Fsp3) is 0.367. The molecule has 2 aromatic carbocycles. The van der Waals surface area contributed by atoms with Gasteiger partial charge in [-0.2, -0.15) is 5.26 Å². The average molecular weight is 718 g/mol. The van der Waals surface area contributed by atoms with Crippen molar-refractivity contribution in [2.24, 2.45) is 0 Å². The molecule has 13 heteroatoms. The van der Waals surface area contributed by atoms with Crippen molar-refractivity contribution in [2.45, 2.75) is 74.6 Å². The monoisotopic (exact) mass is 717 g/mol. The molecule has 0 saturated carbocycles. The van der Waals surface area contributed by atoms with Gasteiger partial charge in [-0.05, 0) is 122 Å². The van der Waals surface area contributed by atoms with E-state index >= 15 is 0 Å². The average Bonchev–Trinajstić information content (AvgIpc) is 3.47. The van der Waals surface area contributed by atoms with Gasteiger partial charge in [0.25, 0.3) is 0 Å². The zero-order valence-corrected chi connectivity index (χ0v) is 27.4. The smallest absolute Gasteiger partial charge is 1.00 e. The van der Waals surface area contributed by atoms with Crippen LogP contribution < -0.4 is 9.13 Å². The molecule has 0 radical (unpaired) electrons. The third kappa shape index (κ3) is 10.6. The summed E-state index contributed by atoms with van der Waals surface area (Å²) in [6.45, 7) is 18.2. The second-order valence-corrected chi connectivity index (χ2v) is 12.6. The molecule has 43 heavy (non-hydrogen) atoms. The first-order valence-corrected chi connectivity index (χ1v) is 15.2. The number of aromatic nitrogens is 4. The van der Waals surface area contributed by atoms with E-state index in [0.717, 1.165) is 26.2 Å². The molecule has 0 unspecified atom stereocenters. The van der Waals surface area contributed by atoms with E-state index in [-0.39, 0.29) is 22.4 Å². The Morgan fingerprint density at radius 1 is 0.674 bits per heavy atom. The van der Waals surface area contributed by atoms with Gasteiger partial charge in [-0.3, -0.25) is 0 Å². The predicted octanol–water partition coefficient (Wildman–Crippen LogP) is 7.73. The molecular formula is C30H35AgF6N5P. The van der Waals surface area contributed by atoms with Crippen LogP contribution in [0.5, 0.6) is 0 Å². The number of rotatable bonds is 0. The van der Waals surface area contributed by atoms with Crippen molar-refractivity contribution in [3.05, 3.63) is 105 Å². The molecule has 0 saturated heterocycles. The summed E-state index contributed by atoms with van der Waals surface area (Å²) in [4.78, 5) is 0. The first kappa shape index (κ1) is 36.3. The van der Waals surface area contributed by atoms with E-state index < -0.39 is 7.81 Å². The van der Waals surface area contributed by atoms with Crippen molar-refractivity contribution in [3.8, 4) is 6.07 Å². The number of aryl methyl sites for hydroxylation is 4. The normalized spacial score (nSPS) is 14.0. The Morgan fingerprint density at radius 2 is 0.953 bits per heavy atom. The van der Waals surface area contributed by atoms with E-state index in [9.17, 15) is 25.2 Å². The maximum absolute atomic E-state index is 10.7. The zero-order chi connectivity index (χ0) is 31.7. The number of nitriles is 1. The molecule has 8 bridgehead atoms. The molecule has 0 N–H and O–H groups in total. The van der Waals surface area contributed by atoms with Crippen LogP contribution >= 0.6 is 7.81 Å². The Labute approximate surface area is 264 Å². The van der Waals surface area contributed by atoms with Crippen LogP contribution in [0.4, 0.5) is 25.2 Å². The Hall–Kier alpha value is -2.90. The minimum Gasteiger partial charge on any atom is 1.00 e. The van der Waals surface area contributed by atoms with E-state index in [4.69, 9.17) is 5.26 Å². The third-order valence-electron chi connectivity index (χ3n) is 7.26. The largest absolute Gasteiger partial charge is 1.00 e. The topological polar surface area (TPSA) is 41.4 Å². The Balaban J connectivity index is 0.000000512. The van der Waals surface area contributed by atoms with E-state index in [1.54, 1.807) is 6.07 Å². The van der Waals surface area contributed by atoms with Crippen molar-refractivity contribution in [3.63, 3.8) is 0 Å². The molecule has 4 aromatic rings. The quantitative estimate of drug-likeness (QED) is 0.0532. The van der Waals surface area contributed by atoms with Crippen LogP contribution in [0.1, 0.15) is 62.6 Å². The van der Waals surface area contributed by atoms with Gasteiger partial charge >= 0.3 is 55.4 Å². The summed E-state index contributed by atoms with van der Waals surface area (Å²) in [5.41, 5.74) is 13.7. The number of nitrogens with zero attached hydrogens (tertiary/aromatic N) is 5. The van der Waals surface area contributed by atoms with Gasteiger partial charge in [0.05, 0.1) is 32.2 Å². The van der Waals surface area contributed by atoms with Gasteiger partial charge in [0.1, 0.15) is 0 Å². The molecule has 1 aliphatic rings. The summed E-state index contributed by atoms with van der Waals surface area (Å²) in [6.07, 6.45) is 15.7. The predicted molar refractivity (Wildman–Crippen MR) is 149 cm³/mol. The van der Waals surface area contributed by atoms with Gasteiger partial charge in [0, 0.05) is 6.92 Å².